The number of nitrogens with zero attached hydrogens (tertiary/aromatic N) is 3. The van der Waals surface area contributed by atoms with Crippen LogP contribution in [-0.2, 0) is 11.2 Å². The lowest BCUT2D eigenvalue weighted by atomic mass is 10.1. The molecule has 0 aliphatic heterocycles. The van der Waals surface area contributed by atoms with Crippen LogP contribution in [0.5, 0.6) is 0 Å². The summed E-state index contributed by atoms with van der Waals surface area (Å²) in [5.74, 6) is -0.841. The highest BCUT2D eigenvalue weighted by atomic mass is 32.2. The van der Waals surface area contributed by atoms with Crippen molar-refractivity contribution < 1.29 is 9.90 Å². The van der Waals surface area contributed by atoms with Crippen LogP contribution in [0.1, 0.15) is 5.56 Å². The van der Waals surface area contributed by atoms with E-state index in [9.17, 15) is 9.90 Å². The van der Waals surface area contributed by atoms with Crippen molar-refractivity contribution in [1.29, 1.82) is 0 Å². The fourth-order valence-electron chi connectivity index (χ4n) is 2.07. The fourth-order valence-corrected chi connectivity index (χ4v) is 3.12. The zero-order chi connectivity index (χ0) is 14.7. The highest BCUT2D eigenvalue weighted by Crippen LogP contribution is 2.27. The van der Waals surface area contributed by atoms with Gasteiger partial charge >= 0.3 is 5.97 Å². The van der Waals surface area contributed by atoms with Crippen LogP contribution in [-0.4, -0.2) is 30.9 Å². The molecule has 1 atom stereocenters. The minimum Gasteiger partial charge on any atom is -0.480 e. The van der Waals surface area contributed by atoms with E-state index in [1.807, 2.05) is 36.4 Å². The molecule has 2 aromatic heterocycles. The predicted molar refractivity (Wildman–Crippen MR) is 80.4 cm³/mol. The van der Waals surface area contributed by atoms with Crippen molar-refractivity contribution in [3.63, 3.8) is 0 Å². The Labute approximate surface area is 125 Å². The number of hydrogen-bond donors (Lipinski definition) is 1. The van der Waals surface area contributed by atoms with Gasteiger partial charge in [0, 0.05) is 12.4 Å². The van der Waals surface area contributed by atoms with E-state index in [4.69, 9.17) is 0 Å². The van der Waals surface area contributed by atoms with Gasteiger partial charge in [-0.15, -0.1) is 0 Å². The Bertz CT molecular complexity index is 758. The molecule has 3 rings (SSSR count). The molecule has 5 nitrogen and oxygen atoms in total. The maximum atomic E-state index is 11.5. The minimum absolute atomic E-state index is 0.456. The Balaban J connectivity index is 1.85. The second kappa shape index (κ2) is 5.97. The van der Waals surface area contributed by atoms with Crippen molar-refractivity contribution in [2.24, 2.45) is 0 Å². The van der Waals surface area contributed by atoms with Crippen LogP contribution < -0.4 is 0 Å². The first-order valence-electron chi connectivity index (χ1n) is 6.46. The Hall–Kier alpha value is -2.34. The van der Waals surface area contributed by atoms with Gasteiger partial charge in [-0.25, -0.2) is 9.50 Å². The summed E-state index contributed by atoms with van der Waals surface area (Å²) in [6.45, 7) is 0. The first-order valence-corrected chi connectivity index (χ1v) is 7.34. The molecule has 0 amide bonds. The average molecular weight is 299 g/mol. The quantitative estimate of drug-likeness (QED) is 0.733. The van der Waals surface area contributed by atoms with Crippen molar-refractivity contribution >= 4 is 23.2 Å². The summed E-state index contributed by atoms with van der Waals surface area (Å²) in [5, 5.41) is 13.7. The molecule has 1 unspecified atom stereocenters. The van der Waals surface area contributed by atoms with Crippen LogP contribution in [0, 0.1) is 0 Å². The average Bonchev–Trinajstić information content (AvgIpc) is 2.97. The fraction of sp³-hybridized carbons (Fsp3) is 0.133. The van der Waals surface area contributed by atoms with Gasteiger partial charge in [0.2, 0.25) is 0 Å². The minimum atomic E-state index is -0.841. The normalized spacial score (nSPS) is 12.4. The smallest absolute Gasteiger partial charge is 0.317 e. The number of carboxylic acid groups (broad SMARTS) is 1. The maximum absolute atomic E-state index is 11.5. The summed E-state index contributed by atoms with van der Waals surface area (Å²) in [6, 6.07) is 11.4. The number of aromatic nitrogens is 3. The van der Waals surface area contributed by atoms with E-state index in [0.717, 1.165) is 11.1 Å². The lowest BCUT2D eigenvalue weighted by Crippen LogP contribution is -2.19. The maximum Gasteiger partial charge on any atom is 0.317 e. The van der Waals surface area contributed by atoms with Gasteiger partial charge in [0.15, 0.2) is 0 Å². The van der Waals surface area contributed by atoms with Gasteiger partial charge < -0.3 is 5.11 Å². The Morgan fingerprint density at radius 2 is 2.05 bits per heavy atom. The third kappa shape index (κ3) is 3.05. The van der Waals surface area contributed by atoms with E-state index >= 15 is 0 Å². The Kier molecular flexibility index (Phi) is 3.87. The molecule has 0 saturated heterocycles. The summed E-state index contributed by atoms with van der Waals surface area (Å²) in [7, 11) is 0. The molecule has 6 heteroatoms. The molecule has 0 spiro atoms. The molecule has 3 aromatic rings. The van der Waals surface area contributed by atoms with Crippen LogP contribution >= 0.6 is 11.8 Å². The van der Waals surface area contributed by atoms with E-state index in [0.29, 0.717) is 11.4 Å². The zero-order valence-corrected chi connectivity index (χ0v) is 11.9. The molecule has 0 saturated carbocycles. The molecule has 0 radical (unpaired) electrons. The van der Waals surface area contributed by atoms with Gasteiger partial charge in [0.25, 0.3) is 0 Å². The predicted octanol–water partition coefficient (Wildman–Crippen LogP) is 2.52. The number of carbonyl (C=O) groups is 1. The molecular weight excluding hydrogens is 286 g/mol. The number of carboxylic acids is 1. The lowest BCUT2D eigenvalue weighted by molar-refractivity contribution is -0.136. The van der Waals surface area contributed by atoms with Crippen molar-refractivity contribution in [3.8, 4) is 0 Å². The first kappa shape index (κ1) is 13.6. The molecule has 106 valence electrons. The molecule has 0 fully saturated rings. The van der Waals surface area contributed by atoms with E-state index in [1.165, 1.54) is 11.8 Å². The van der Waals surface area contributed by atoms with Crippen molar-refractivity contribution in [2.45, 2.75) is 16.7 Å². The summed E-state index contributed by atoms with van der Waals surface area (Å²) in [6.07, 6.45) is 5.50. The van der Waals surface area contributed by atoms with Crippen LogP contribution in [0.3, 0.4) is 0 Å². The molecule has 0 aliphatic rings. The first-order chi connectivity index (χ1) is 10.2. The van der Waals surface area contributed by atoms with Gasteiger partial charge in [-0.1, -0.05) is 42.1 Å². The van der Waals surface area contributed by atoms with Crippen LogP contribution in [0.4, 0.5) is 0 Å². The van der Waals surface area contributed by atoms with Crippen LogP contribution in [0.15, 0.2) is 60.0 Å². The number of fused-ring (bicyclic) bond motifs is 1. The van der Waals surface area contributed by atoms with Crippen LogP contribution in [0.2, 0.25) is 0 Å². The zero-order valence-electron chi connectivity index (χ0n) is 11.1. The van der Waals surface area contributed by atoms with Gasteiger partial charge in [-0.05, 0) is 18.1 Å². The van der Waals surface area contributed by atoms with Gasteiger partial charge in [-0.2, -0.15) is 5.10 Å². The summed E-state index contributed by atoms with van der Waals surface area (Å²) in [4.78, 5) is 15.8. The SMILES string of the molecule is O=C(O)C(Cc1ccccc1)Sc1nccn2nccc12. The standard InChI is InChI=1S/C15H13N3O2S/c19-15(20)13(10-11-4-2-1-3-5-11)21-14-12-6-7-17-18(12)9-8-16-14/h1-9,13H,10H2,(H,19,20). The summed E-state index contributed by atoms with van der Waals surface area (Å²) in [5.41, 5.74) is 1.82. The van der Waals surface area contributed by atoms with E-state index in [-0.39, 0.29) is 0 Å². The molecule has 0 aliphatic carbocycles. The van der Waals surface area contributed by atoms with E-state index in [1.54, 1.807) is 23.1 Å². The number of rotatable bonds is 5. The van der Waals surface area contributed by atoms with Crippen molar-refractivity contribution in [1.82, 2.24) is 14.6 Å². The van der Waals surface area contributed by atoms with E-state index in [2.05, 4.69) is 10.1 Å². The van der Waals surface area contributed by atoms with Crippen molar-refractivity contribution in [2.75, 3.05) is 0 Å². The Morgan fingerprint density at radius 3 is 2.81 bits per heavy atom. The Morgan fingerprint density at radius 1 is 1.24 bits per heavy atom. The van der Waals surface area contributed by atoms with E-state index < -0.39 is 11.2 Å². The molecule has 1 aromatic carbocycles. The number of hydrogen-bond acceptors (Lipinski definition) is 4. The molecule has 2 heterocycles. The van der Waals surface area contributed by atoms with Crippen molar-refractivity contribution in [3.05, 3.63) is 60.6 Å². The molecule has 1 N–H and O–H groups in total. The second-order valence-electron chi connectivity index (χ2n) is 4.53. The van der Waals surface area contributed by atoms with Gasteiger partial charge in [0.05, 0.1) is 11.7 Å². The highest BCUT2D eigenvalue weighted by Gasteiger charge is 2.21. The third-order valence-electron chi connectivity index (χ3n) is 3.08. The molecule has 0 bridgehead atoms. The van der Waals surface area contributed by atoms with Gasteiger partial charge in [-0.3, -0.25) is 4.79 Å². The third-order valence-corrected chi connectivity index (χ3v) is 4.27. The molecular formula is C15H13N3O2S. The topological polar surface area (TPSA) is 67.5 Å². The summed E-state index contributed by atoms with van der Waals surface area (Å²) < 4.78 is 1.69. The second-order valence-corrected chi connectivity index (χ2v) is 5.72. The number of aliphatic carboxylic acids is 1. The molecule has 21 heavy (non-hydrogen) atoms. The monoisotopic (exact) mass is 299 g/mol. The summed E-state index contributed by atoms with van der Waals surface area (Å²) >= 11 is 1.25. The lowest BCUT2D eigenvalue weighted by Gasteiger charge is -2.12. The number of benzene rings is 1. The van der Waals surface area contributed by atoms with Gasteiger partial charge in [0.1, 0.15) is 10.3 Å². The highest BCUT2D eigenvalue weighted by molar-refractivity contribution is 8.00. The van der Waals surface area contributed by atoms with Crippen LogP contribution in [0.25, 0.3) is 5.52 Å². The largest absolute Gasteiger partial charge is 0.480 e. The number of thioether (sulfide) groups is 1.